The van der Waals surface area contributed by atoms with Gasteiger partial charge in [-0.25, -0.2) is 4.98 Å². The number of nitrogens with one attached hydrogen (secondary N) is 1. The van der Waals surface area contributed by atoms with Crippen LogP contribution in [0.5, 0.6) is 0 Å². The van der Waals surface area contributed by atoms with Gasteiger partial charge in [0.15, 0.2) is 0 Å². The van der Waals surface area contributed by atoms with E-state index in [9.17, 15) is 0 Å². The Morgan fingerprint density at radius 3 is 2.90 bits per heavy atom. The normalized spacial score (nSPS) is 20.2. The van der Waals surface area contributed by atoms with Crippen LogP contribution in [0.3, 0.4) is 0 Å². The van der Waals surface area contributed by atoms with Crippen molar-refractivity contribution in [1.29, 1.82) is 0 Å². The van der Waals surface area contributed by atoms with Crippen LogP contribution in [-0.2, 0) is 17.8 Å². The van der Waals surface area contributed by atoms with Gasteiger partial charge in [0.05, 0.1) is 0 Å². The molecule has 112 valence electrons. The number of hydrogen-bond donors (Lipinski definition) is 1. The topological polar surface area (TPSA) is 39.1 Å². The van der Waals surface area contributed by atoms with E-state index in [4.69, 9.17) is 4.74 Å². The van der Waals surface area contributed by atoms with Crippen molar-refractivity contribution in [3.8, 4) is 0 Å². The highest BCUT2D eigenvalue weighted by Gasteiger charge is 2.21. The molecule has 3 heterocycles. The molecular weight excluding hydrogens is 262 g/mol. The number of aromatic nitrogens is 2. The lowest BCUT2D eigenvalue weighted by atomic mass is 10.0. The van der Waals surface area contributed by atoms with Crippen molar-refractivity contribution in [2.45, 2.75) is 44.8 Å². The average Bonchev–Trinajstić information content (AvgIpc) is 3.30. The van der Waals surface area contributed by atoms with Gasteiger partial charge in [-0.2, -0.15) is 0 Å². The molecule has 0 radical (unpaired) electrons. The minimum absolute atomic E-state index is 0.723. The first-order chi connectivity index (χ1) is 10.4. The Bertz CT molecular complexity index is 612. The summed E-state index contributed by atoms with van der Waals surface area (Å²) in [7, 11) is 0. The second kappa shape index (κ2) is 5.78. The zero-order valence-electron chi connectivity index (χ0n) is 12.4. The Morgan fingerprint density at radius 1 is 1.24 bits per heavy atom. The summed E-state index contributed by atoms with van der Waals surface area (Å²) in [5.41, 5.74) is 2.52. The smallest absolute Gasteiger partial charge is 0.140 e. The van der Waals surface area contributed by atoms with E-state index < -0.39 is 0 Å². The molecule has 0 bridgehead atoms. The molecule has 2 aliphatic rings. The number of fused-ring (bicyclic) bond motifs is 1. The maximum Gasteiger partial charge on any atom is 0.140 e. The molecule has 1 saturated carbocycles. The third-order valence-corrected chi connectivity index (χ3v) is 4.67. The number of hydrogen-bond acceptors (Lipinski definition) is 3. The molecule has 4 rings (SSSR count). The van der Waals surface area contributed by atoms with Gasteiger partial charge in [0, 0.05) is 50.1 Å². The quantitative estimate of drug-likeness (QED) is 0.918. The Hall–Kier alpha value is -1.39. The predicted molar refractivity (Wildman–Crippen MR) is 83.1 cm³/mol. The van der Waals surface area contributed by atoms with Gasteiger partial charge in [-0.05, 0) is 49.3 Å². The summed E-state index contributed by atoms with van der Waals surface area (Å²) in [4.78, 5) is 4.61. The first-order valence-electron chi connectivity index (χ1n) is 8.14. The minimum atomic E-state index is 0.723. The lowest BCUT2D eigenvalue weighted by molar-refractivity contribution is 0.0616. The molecular formula is C17H23N3O. The van der Waals surface area contributed by atoms with Crippen molar-refractivity contribution in [1.82, 2.24) is 14.9 Å². The largest absolute Gasteiger partial charge is 0.381 e. The maximum absolute atomic E-state index is 5.47. The van der Waals surface area contributed by atoms with Crippen LogP contribution in [0.4, 0.5) is 0 Å². The fourth-order valence-electron chi connectivity index (χ4n) is 3.22. The van der Waals surface area contributed by atoms with Crippen molar-refractivity contribution in [2.24, 2.45) is 5.92 Å². The Kier molecular flexibility index (Phi) is 3.65. The Morgan fingerprint density at radius 2 is 2.10 bits per heavy atom. The lowest BCUT2D eigenvalue weighted by Gasteiger charge is -2.22. The van der Waals surface area contributed by atoms with Crippen LogP contribution in [0.15, 0.2) is 24.5 Å². The van der Waals surface area contributed by atoms with Crippen LogP contribution in [0.2, 0.25) is 0 Å². The molecule has 4 heteroatoms. The van der Waals surface area contributed by atoms with Crippen LogP contribution >= 0.6 is 0 Å². The van der Waals surface area contributed by atoms with Crippen LogP contribution in [-0.4, -0.2) is 28.8 Å². The van der Waals surface area contributed by atoms with Gasteiger partial charge in [-0.15, -0.1) is 0 Å². The second-order valence-electron chi connectivity index (χ2n) is 6.39. The molecule has 0 aromatic carbocycles. The van der Waals surface area contributed by atoms with Crippen molar-refractivity contribution in [3.05, 3.63) is 30.1 Å². The molecule has 0 atom stereocenters. The standard InChI is InChI=1S/C17H23N3O/c1-2-16-14(10-19-15-3-4-15)12-20(17(16)18-7-1)11-13-5-8-21-9-6-13/h1-2,7,12-13,15,19H,3-6,8-11H2. The van der Waals surface area contributed by atoms with E-state index >= 15 is 0 Å². The number of nitrogens with zero attached hydrogens (tertiary/aromatic N) is 2. The van der Waals surface area contributed by atoms with Crippen LogP contribution in [0.1, 0.15) is 31.2 Å². The van der Waals surface area contributed by atoms with Crippen molar-refractivity contribution < 1.29 is 4.74 Å². The van der Waals surface area contributed by atoms with Gasteiger partial charge in [0.25, 0.3) is 0 Å². The molecule has 2 aromatic heterocycles. The van der Waals surface area contributed by atoms with Crippen molar-refractivity contribution in [2.75, 3.05) is 13.2 Å². The first kappa shape index (κ1) is 13.3. The molecule has 1 saturated heterocycles. The first-order valence-corrected chi connectivity index (χ1v) is 8.14. The lowest BCUT2D eigenvalue weighted by Crippen LogP contribution is -2.20. The molecule has 1 aliphatic carbocycles. The van der Waals surface area contributed by atoms with E-state index in [0.717, 1.165) is 43.9 Å². The third kappa shape index (κ3) is 2.97. The summed E-state index contributed by atoms with van der Waals surface area (Å²) in [6.45, 7) is 3.86. The summed E-state index contributed by atoms with van der Waals surface area (Å²) in [6.07, 6.45) is 9.21. The summed E-state index contributed by atoms with van der Waals surface area (Å²) >= 11 is 0. The minimum Gasteiger partial charge on any atom is -0.381 e. The van der Waals surface area contributed by atoms with E-state index in [1.54, 1.807) is 0 Å². The molecule has 1 aliphatic heterocycles. The van der Waals surface area contributed by atoms with Gasteiger partial charge in [0.2, 0.25) is 0 Å². The van der Waals surface area contributed by atoms with E-state index in [2.05, 4.69) is 27.1 Å². The number of pyridine rings is 1. The summed E-state index contributed by atoms with van der Waals surface area (Å²) in [5.74, 6) is 0.723. The third-order valence-electron chi connectivity index (χ3n) is 4.67. The number of rotatable bonds is 5. The summed E-state index contributed by atoms with van der Waals surface area (Å²) in [5, 5.41) is 4.92. The zero-order chi connectivity index (χ0) is 14.1. The highest BCUT2D eigenvalue weighted by Crippen LogP contribution is 2.25. The monoisotopic (exact) mass is 285 g/mol. The Labute approximate surface area is 125 Å². The van der Waals surface area contributed by atoms with Crippen molar-refractivity contribution in [3.63, 3.8) is 0 Å². The Balaban J connectivity index is 1.57. The highest BCUT2D eigenvalue weighted by atomic mass is 16.5. The molecule has 2 aromatic rings. The van der Waals surface area contributed by atoms with Crippen LogP contribution in [0, 0.1) is 5.92 Å². The van der Waals surface area contributed by atoms with E-state index in [1.165, 1.54) is 36.6 Å². The summed E-state index contributed by atoms with van der Waals surface area (Å²) < 4.78 is 7.82. The fraction of sp³-hybridized carbons (Fsp3) is 0.588. The molecule has 4 nitrogen and oxygen atoms in total. The van der Waals surface area contributed by atoms with Crippen LogP contribution < -0.4 is 5.32 Å². The van der Waals surface area contributed by atoms with Gasteiger partial charge < -0.3 is 14.6 Å². The van der Waals surface area contributed by atoms with E-state index in [-0.39, 0.29) is 0 Å². The summed E-state index contributed by atoms with van der Waals surface area (Å²) in [6, 6.07) is 4.99. The van der Waals surface area contributed by atoms with Gasteiger partial charge in [-0.1, -0.05) is 0 Å². The molecule has 1 N–H and O–H groups in total. The van der Waals surface area contributed by atoms with Gasteiger partial charge in [0.1, 0.15) is 5.65 Å². The fourth-order valence-corrected chi connectivity index (χ4v) is 3.22. The van der Waals surface area contributed by atoms with E-state index in [0.29, 0.717) is 0 Å². The second-order valence-corrected chi connectivity index (χ2v) is 6.39. The molecule has 2 fully saturated rings. The number of ether oxygens (including phenoxy) is 1. The zero-order valence-corrected chi connectivity index (χ0v) is 12.4. The SMILES string of the molecule is c1cnc2c(c1)c(CNC1CC1)cn2CC1CCOCC1. The highest BCUT2D eigenvalue weighted by molar-refractivity contribution is 5.80. The van der Waals surface area contributed by atoms with E-state index in [1.807, 2.05) is 12.3 Å². The predicted octanol–water partition coefficient (Wildman–Crippen LogP) is 2.71. The van der Waals surface area contributed by atoms with Crippen molar-refractivity contribution >= 4 is 11.0 Å². The van der Waals surface area contributed by atoms with Gasteiger partial charge in [-0.3, -0.25) is 0 Å². The van der Waals surface area contributed by atoms with Gasteiger partial charge >= 0.3 is 0 Å². The molecule has 0 spiro atoms. The average molecular weight is 285 g/mol. The van der Waals surface area contributed by atoms with Crippen LogP contribution in [0.25, 0.3) is 11.0 Å². The maximum atomic E-state index is 5.47. The molecule has 0 unspecified atom stereocenters. The molecule has 0 amide bonds. The molecule has 21 heavy (non-hydrogen) atoms.